The molecule has 0 unspecified atom stereocenters. The Morgan fingerprint density at radius 2 is 1.97 bits per heavy atom. The number of nitrogens with one attached hydrogen (secondary N) is 2. The van der Waals surface area contributed by atoms with Crippen molar-refractivity contribution < 1.29 is 23.5 Å². The van der Waals surface area contributed by atoms with Gasteiger partial charge >= 0.3 is 5.97 Å². The van der Waals surface area contributed by atoms with Crippen molar-refractivity contribution in [3.8, 4) is 11.6 Å². The summed E-state index contributed by atoms with van der Waals surface area (Å²) in [6.45, 7) is 3.47. The molecular formula is C22H22N4O5S. The molecule has 0 spiro atoms. The quantitative estimate of drug-likeness (QED) is 0.302. The smallest absolute Gasteiger partial charge is 0.343 e. The number of anilines is 1. The van der Waals surface area contributed by atoms with Crippen molar-refractivity contribution in [3.05, 3.63) is 59.5 Å². The molecule has 2 amide bonds. The van der Waals surface area contributed by atoms with Gasteiger partial charge in [-0.1, -0.05) is 6.07 Å². The maximum atomic E-state index is 12.6. The topological polar surface area (TPSA) is 123 Å². The highest BCUT2D eigenvalue weighted by Crippen LogP contribution is 2.25. The Morgan fingerprint density at radius 1 is 1.16 bits per heavy atom. The molecule has 2 aromatic heterocycles. The number of hydrogen-bond acceptors (Lipinski definition) is 8. The minimum atomic E-state index is -0.705. The summed E-state index contributed by atoms with van der Waals surface area (Å²) < 4.78 is 10.5. The van der Waals surface area contributed by atoms with Gasteiger partial charge in [-0.2, -0.15) is 0 Å². The monoisotopic (exact) mass is 454 g/mol. The zero-order chi connectivity index (χ0) is 23.1. The van der Waals surface area contributed by atoms with Gasteiger partial charge in [0.05, 0.1) is 12.0 Å². The Labute approximate surface area is 189 Å². The third kappa shape index (κ3) is 5.52. The summed E-state index contributed by atoms with van der Waals surface area (Å²) in [7, 11) is 0. The zero-order valence-electron chi connectivity index (χ0n) is 17.8. The lowest BCUT2D eigenvalue weighted by Crippen LogP contribution is -2.24. The lowest BCUT2D eigenvalue weighted by Gasteiger charge is -2.11. The van der Waals surface area contributed by atoms with Gasteiger partial charge in [0, 0.05) is 17.8 Å². The first-order valence-electron chi connectivity index (χ1n) is 9.74. The molecule has 1 aromatic carbocycles. The number of hydrogen-bond donors (Lipinski definition) is 2. The minimum Gasteiger partial charge on any atom is -0.461 e. The van der Waals surface area contributed by atoms with E-state index in [2.05, 4.69) is 20.6 Å². The molecule has 3 aromatic rings. The molecule has 0 saturated heterocycles. The van der Waals surface area contributed by atoms with Crippen molar-refractivity contribution >= 4 is 35.2 Å². The lowest BCUT2D eigenvalue weighted by atomic mass is 10.2. The maximum absolute atomic E-state index is 12.6. The predicted octanol–water partition coefficient (Wildman–Crippen LogP) is 3.31. The lowest BCUT2D eigenvalue weighted by molar-refractivity contribution is -0.119. The zero-order valence-corrected chi connectivity index (χ0v) is 18.6. The van der Waals surface area contributed by atoms with E-state index in [1.807, 2.05) is 6.92 Å². The van der Waals surface area contributed by atoms with Gasteiger partial charge in [-0.05, 0) is 50.4 Å². The van der Waals surface area contributed by atoms with Crippen LogP contribution in [0.4, 0.5) is 5.69 Å². The molecule has 32 heavy (non-hydrogen) atoms. The number of carbonyl (C=O) groups is 3. The van der Waals surface area contributed by atoms with Gasteiger partial charge in [0.25, 0.3) is 11.8 Å². The van der Waals surface area contributed by atoms with Gasteiger partial charge in [-0.15, -0.1) is 11.8 Å². The fourth-order valence-corrected chi connectivity index (χ4v) is 3.46. The summed E-state index contributed by atoms with van der Waals surface area (Å²) >= 11 is 1.26. The molecular weight excluding hydrogens is 432 g/mol. The van der Waals surface area contributed by atoms with Gasteiger partial charge in [0.1, 0.15) is 10.6 Å². The summed E-state index contributed by atoms with van der Waals surface area (Å²) in [5.41, 5.74) is 1.44. The second-order valence-electron chi connectivity index (χ2n) is 6.56. The number of carbonyl (C=O) groups excluding carboxylic acids is 3. The molecule has 0 fully saturated rings. The van der Waals surface area contributed by atoms with Crippen molar-refractivity contribution in [2.45, 2.75) is 18.9 Å². The van der Waals surface area contributed by atoms with E-state index in [9.17, 15) is 14.4 Å². The van der Waals surface area contributed by atoms with Crippen LogP contribution in [0.2, 0.25) is 0 Å². The van der Waals surface area contributed by atoms with Gasteiger partial charge in [-0.25, -0.2) is 14.8 Å². The van der Waals surface area contributed by atoms with Crippen LogP contribution >= 0.6 is 11.8 Å². The molecule has 10 heteroatoms. The van der Waals surface area contributed by atoms with Crippen molar-refractivity contribution in [2.24, 2.45) is 0 Å². The summed E-state index contributed by atoms with van der Waals surface area (Å²) in [6.07, 6.45) is 3.29. The Morgan fingerprint density at radius 3 is 2.66 bits per heavy atom. The van der Waals surface area contributed by atoms with Crippen LogP contribution in [0.3, 0.4) is 0 Å². The number of esters is 1. The van der Waals surface area contributed by atoms with E-state index >= 15 is 0 Å². The molecule has 166 valence electrons. The molecule has 0 aliphatic rings. The van der Waals surface area contributed by atoms with Crippen LogP contribution < -0.4 is 10.6 Å². The third-order valence-electron chi connectivity index (χ3n) is 4.28. The average Bonchev–Trinajstić information content (AvgIpc) is 3.32. The minimum absolute atomic E-state index is 0.193. The largest absolute Gasteiger partial charge is 0.461 e. The Hall–Kier alpha value is -3.66. The second kappa shape index (κ2) is 10.6. The Kier molecular flexibility index (Phi) is 7.61. The normalized spacial score (nSPS) is 10.5. The van der Waals surface area contributed by atoms with Gasteiger partial charge in [0.15, 0.2) is 18.2 Å². The van der Waals surface area contributed by atoms with Crippen LogP contribution in [0.25, 0.3) is 11.6 Å². The number of rotatable bonds is 8. The summed E-state index contributed by atoms with van der Waals surface area (Å²) in [5.74, 6) is -0.643. The highest BCUT2D eigenvalue weighted by molar-refractivity contribution is 7.98. The SMILES string of the molecule is CCNC(=O)c1cccc(NC(=O)COC(=O)c2c(C)nc(-c3ccco3)nc2SC)c1. The number of nitrogens with zero attached hydrogens (tertiary/aromatic N) is 2. The fraction of sp³-hybridized carbons (Fsp3) is 0.227. The van der Waals surface area contributed by atoms with Gasteiger partial charge in [-0.3, -0.25) is 9.59 Å². The molecule has 3 rings (SSSR count). The van der Waals surface area contributed by atoms with Crippen LogP contribution in [0.1, 0.15) is 33.3 Å². The van der Waals surface area contributed by atoms with E-state index < -0.39 is 18.5 Å². The van der Waals surface area contributed by atoms with E-state index in [-0.39, 0.29) is 11.5 Å². The number of aryl methyl sites for hydroxylation is 1. The number of benzene rings is 1. The molecule has 2 N–H and O–H groups in total. The van der Waals surface area contributed by atoms with Gasteiger partial charge < -0.3 is 19.8 Å². The van der Waals surface area contributed by atoms with Crippen molar-refractivity contribution in [3.63, 3.8) is 0 Å². The van der Waals surface area contributed by atoms with Crippen LogP contribution in [0, 0.1) is 6.92 Å². The van der Waals surface area contributed by atoms with E-state index in [4.69, 9.17) is 9.15 Å². The van der Waals surface area contributed by atoms with E-state index in [1.165, 1.54) is 18.0 Å². The molecule has 0 aliphatic carbocycles. The Bertz CT molecular complexity index is 1130. The van der Waals surface area contributed by atoms with Crippen molar-refractivity contribution in [1.82, 2.24) is 15.3 Å². The van der Waals surface area contributed by atoms with Crippen molar-refractivity contribution in [1.29, 1.82) is 0 Å². The van der Waals surface area contributed by atoms with Crippen LogP contribution in [-0.4, -0.2) is 47.2 Å². The maximum Gasteiger partial charge on any atom is 0.343 e. The second-order valence-corrected chi connectivity index (χ2v) is 7.35. The number of ether oxygens (including phenoxy) is 1. The number of furan rings is 1. The standard InChI is InChI=1S/C22H22N4O5S/c1-4-23-20(28)14-7-5-8-15(11-14)25-17(27)12-31-22(29)18-13(2)24-19(26-21(18)32-3)16-9-6-10-30-16/h5-11H,4,12H2,1-3H3,(H,23,28)(H,25,27). The number of thioether (sulfide) groups is 1. The average molecular weight is 455 g/mol. The first kappa shape index (κ1) is 23.0. The first-order valence-corrected chi connectivity index (χ1v) is 11.0. The molecule has 0 aliphatic heterocycles. The van der Waals surface area contributed by atoms with Crippen LogP contribution in [0.15, 0.2) is 52.1 Å². The first-order chi connectivity index (χ1) is 15.4. The molecule has 2 heterocycles. The molecule has 0 atom stereocenters. The molecule has 0 bridgehead atoms. The van der Waals surface area contributed by atoms with Crippen molar-refractivity contribution in [2.75, 3.05) is 24.7 Å². The highest BCUT2D eigenvalue weighted by Gasteiger charge is 2.22. The predicted molar refractivity (Wildman–Crippen MR) is 120 cm³/mol. The molecule has 0 saturated carbocycles. The van der Waals surface area contributed by atoms with Crippen LogP contribution in [0.5, 0.6) is 0 Å². The third-order valence-corrected chi connectivity index (χ3v) is 4.96. The van der Waals surface area contributed by atoms with Crippen LogP contribution in [-0.2, 0) is 9.53 Å². The van der Waals surface area contributed by atoms with E-state index in [0.717, 1.165) is 0 Å². The highest BCUT2D eigenvalue weighted by atomic mass is 32.2. The summed E-state index contributed by atoms with van der Waals surface area (Å²) in [6, 6.07) is 9.92. The summed E-state index contributed by atoms with van der Waals surface area (Å²) in [5, 5.41) is 5.72. The number of aromatic nitrogens is 2. The molecule has 0 radical (unpaired) electrons. The number of amides is 2. The van der Waals surface area contributed by atoms with Gasteiger partial charge in [0.2, 0.25) is 0 Å². The Balaban J connectivity index is 1.66. The summed E-state index contributed by atoms with van der Waals surface area (Å²) in [4.78, 5) is 45.5. The fourth-order valence-electron chi connectivity index (χ4n) is 2.85. The van der Waals surface area contributed by atoms with E-state index in [1.54, 1.807) is 49.6 Å². The molecule has 9 nitrogen and oxygen atoms in total. The van der Waals surface area contributed by atoms with E-state index in [0.29, 0.717) is 40.1 Å².